The minimum atomic E-state index is -0.436. The summed E-state index contributed by atoms with van der Waals surface area (Å²) in [6.45, 7) is 3.81. The summed E-state index contributed by atoms with van der Waals surface area (Å²) in [6.07, 6.45) is 3.44. The highest BCUT2D eigenvalue weighted by Gasteiger charge is 2.17. The summed E-state index contributed by atoms with van der Waals surface area (Å²) in [7, 11) is 0. The van der Waals surface area contributed by atoms with E-state index in [1.54, 1.807) is 30.6 Å². The molecule has 9 heteroatoms. The second-order valence-corrected chi connectivity index (χ2v) is 7.41. The van der Waals surface area contributed by atoms with Crippen LogP contribution in [0.25, 0.3) is 22.4 Å². The lowest BCUT2D eigenvalue weighted by Gasteiger charge is -2.29. The standard InChI is InChI=1S/C21H19ClFN7/c22-14-2-1-3-15(23)18(14)20-27-16-5-7-26-21(19(16)29-20)28-17-12-13(4-6-25-17)30-10-8-24-9-11-30/h1-7,12,24H,8-11H2,(H,27,29)(H,25,26,28). The molecule has 30 heavy (non-hydrogen) atoms. The smallest absolute Gasteiger partial charge is 0.159 e. The Balaban J connectivity index is 1.49. The van der Waals surface area contributed by atoms with Gasteiger partial charge in [-0.3, -0.25) is 0 Å². The number of halogens is 2. The van der Waals surface area contributed by atoms with Crippen molar-refractivity contribution in [3.8, 4) is 11.4 Å². The van der Waals surface area contributed by atoms with Gasteiger partial charge < -0.3 is 20.5 Å². The summed E-state index contributed by atoms with van der Waals surface area (Å²) in [4.78, 5) is 18.8. The number of hydrogen-bond donors (Lipinski definition) is 3. The molecule has 5 rings (SSSR count). The highest BCUT2D eigenvalue weighted by atomic mass is 35.5. The van der Waals surface area contributed by atoms with Crippen molar-refractivity contribution in [1.29, 1.82) is 0 Å². The van der Waals surface area contributed by atoms with Gasteiger partial charge in [-0.1, -0.05) is 17.7 Å². The highest BCUT2D eigenvalue weighted by molar-refractivity contribution is 6.33. The first-order chi connectivity index (χ1) is 14.7. The van der Waals surface area contributed by atoms with Crippen LogP contribution >= 0.6 is 11.6 Å². The van der Waals surface area contributed by atoms with Gasteiger partial charge in [0.2, 0.25) is 0 Å². The molecule has 0 atom stereocenters. The molecular weight excluding hydrogens is 405 g/mol. The molecule has 4 heterocycles. The number of nitrogens with zero attached hydrogens (tertiary/aromatic N) is 4. The average molecular weight is 424 g/mol. The van der Waals surface area contributed by atoms with E-state index in [4.69, 9.17) is 11.6 Å². The number of anilines is 3. The number of piperazine rings is 1. The predicted octanol–water partition coefficient (Wildman–Crippen LogP) is 3.97. The van der Waals surface area contributed by atoms with Gasteiger partial charge in [0, 0.05) is 50.3 Å². The third kappa shape index (κ3) is 3.55. The van der Waals surface area contributed by atoms with Crippen molar-refractivity contribution < 1.29 is 4.39 Å². The first-order valence-corrected chi connectivity index (χ1v) is 10.0. The molecule has 1 aliphatic rings. The largest absolute Gasteiger partial charge is 0.369 e. The second kappa shape index (κ2) is 7.89. The normalized spacial score (nSPS) is 14.3. The maximum absolute atomic E-state index is 14.3. The molecule has 1 saturated heterocycles. The van der Waals surface area contributed by atoms with Gasteiger partial charge >= 0.3 is 0 Å². The molecule has 0 unspecified atom stereocenters. The van der Waals surface area contributed by atoms with Crippen LogP contribution in [-0.4, -0.2) is 46.1 Å². The van der Waals surface area contributed by atoms with Crippen molar-refractivity contribution >= 4 is 40.0 Å². The zero-order valence-corrected chi connectivity index (χ0v) is 16.7. The van der Waals surface area contributed by atoms with E-state index in [1.165, 1.54) is 6.07 Å². The van der Waals surface area contributed by atoms with Crippen LogP contribution in [0.4, 0.5) is 21.7 Å². The van der Waals surface area contributed by atoms with Crippen molar-refractivity contribution in [2.75, 3.05) is 36.4 Å². The number of aromatic nitrogens is 4. The third-order valence-electron chi connectivity index (χ3n) is 5.07. The Morgan fingerprint density at radius 2 is 1.90 bits per heavy atom. The summed E-state index contributed by atoms with van der Waals surface area (Å²) >= 11 is 6.20. The molecule has 7 nitrogen and oxygen atoms in total. The van der Waals surface area contributed by atoms with Crippen LogP contribution < -0.4 is 15.5 Å². The number of H-pyrrole nitrogens is 1. The van der Waals surface area contributed by atoms with Crippen LogP contribution in [0.1, 0.15) is 0 Å². The van der Waals surface area contributed by atoms with Crippen molar-refractivity contribution in [3.05, 3.63) is 59.6 Å². The molecule has 1 aromatic carbocycles. The molecule has 0 amide bonds. The number of nitrogens with one attached hydrogen (secondary N) is 3. The maximum Gasteiger partial charge on any atom is 0.159 e. The monoisotopic (exact) mass is 423 g/mol. The number of benzene rings is 1. The van der Waals surface area contributed by atoms with Crippen LogP contribution in [0.3, 0.4) is 0 Å². The summed E-state index contributed by atoms with van der Waals surface area (Å²) < 4.78 is 14.3. The van der Waals surface area contributed by atoms with Crippen LogP contribution in [-0.2, 0) is 0 Å². The third-order valence-corrected chi connectivity index (χ3v) is 5.39. The average Bonchev–Trinajstić information content (AvgIpc) is 3.19. The van der Waals surface area contributed by atoms with E-state index in [2.05, 4.69) is 35.5 Å². The summed E-state index contributed by atoms with van der Waals surface area (Å²) in [5, 5.41) is 6.89. The maximum atomic E-state index is 14.3. The lowest BCUT2D eigenvalue weighted by atomic mass is 10.2. The topological polar surface area (TPSA) is 81.8 Å². The van der Waals surface area contributed by atoms with Crippen LogP contribution in [0.5, 0.6) is 0 Å². The number of hydrogen-bond acceptors (Lipinski definition) is 6. The number of pyridine rings is 2. The van der Waals surface area contributed by atoms with E-state index in [0.29, 0.717) is 28.0 Å². The van der Waals surface area contributed by atoms with Gasteiger partial charge in [0.25, 0.3) is 0 Å². The molecule has 1 aliphatic heterocycles. The van der Waals surface area contributed by atoms with Gasteiger partial charge in [0.05, 0.1) is 16.1 Å². The fraction of sp³-hybridized carbons (Fsp3) is 0.190. The first kappa shape index (κ1) is 18.8. The minimum absolute atomic E-state index is 0.236. The Morgan fingerprint density at radius 3 is 2.73 bits per heavy atom. The Morgan fingerprint density at radius 1 is 1.07 bits per heavy atom. The molecule has 1 fully saturated rings. The molecule has 152 valence electrons. The predicted molar refractivity (Wildman–Crippen MR) is 117 cm³/mol. The molecule has 0 spiro atoms. The summed E-state index contributed by atoms with van der Waals surface area (Å²) in [5.41, 5.74) is 2.64. The van der Waals surface area contributed by atoms with E-state index in [1.807, 2.05) is 12.1 Å². The van der Waals surface area contributed by atoms with E-state index < -0.39 is 5.82 Å². The fourth-order valence-corrected chi connectivity index (χ4v) is 3.85. The molecule has 3 N–H and O–H groups in total. The lowest BCUT2D eigenvalue weighted by molar-refractivity contribution is 0.589. The molecule has 4 aromatic rings. The number of rotatable bonds is 4. The van der Waals surface area contributed by atoms with Gasteiger partial charge in [0.1, 0.15) is 23.0 Å². The SMILES string of the molecule is Fc1cccc(Cl)c1-c1nc2c(Nc3cc(N4CCNCC4)ccn3)nccc2[nH]1. The van der Waals surface area contributed by atoms with Crippen molar-refractivity contribution in [3.63, 3.8) is 0 Å². The Kier molecular flexibility index (Phi) is 4.94. The highest BCUT2D eigenvalue weighted by Crippen LogP contribution is 2.32. The molecule has 3 aromatic heterocycles. The van der Waals surface area contributed by atoms with E-state index >= 15 is 0 Å². The van der Waals surface area contributed by atoms with Crippen molar-refractivity contribution in [1.82, 2.24) is 25.3 Å². The van der Waals surface area contributed by atoms with Crippen molar-refractivity contribution in [2.45, 2.75) is 0 Å². The second-order valence-electron chi connectivity index (χ2n) is 7.00. The molecule has 0 aliphatic carbocycles. The van der Waals surface area contributed by atoms with Gasteiger partial charge in [-0.25, -0.2) is 19.3 Å². The zero-order valence-electron chi connectivity index (χ0n) is 16.0. The van der Waals surface area contributed by atoms with Crippen molar-refractivity contribution in [2.24, 2.45) is 0 Å². The summed E-state index contributed by atoms with van der Waals surface area (Å²) in [5.74, 6) is 1.12. The van der Waals surface area contributed by atoms with Gasteiger partial charge in [-0.2, -0.15) is 0 Å². The number of imidazole rings is 1. The zero-order chi connectivity index (χ0) is 20.5. The number of fused-ring (bicyclic) bond motifs is 1. The Labute approximate surface area is 177 Å². The Hall–Kier alpha value is -3.23. The molecule has 0 radical (unpaired) electrons. The Bertz CT molecular complexity index is 1180. The quantitative estimate of drug-likeness (QED) is 0.461. The van der Waals surface area contributed by atoms with Crippen LogP contribution in [0, 0.1) is 5.82 Å². The lowest BCUT2D eigenvalue weighted by Crippen LogP contribution is -2.43. The molecular formula is C21H19ClFN7. The van der Waals surface area contributed by atoms with E-state index in [0.717, 1.165) is 37.4 Å². The van der Waals surface area contributed by atoms with E-state index in [9.17, 15) is 4.39 Å². The van der Waals surface area contributed by atoms with Gasteiger partial charge in [-0.05, 0) is 24.3 Å². The minimum Gasteiger partial charge on any atom is -0.369 e. The summed E-state index contributed by atoms with van der Waals surface area (Å²) in [6, 6.07) is 10.3. The first-order valence-electron chi connectivity index (χ1n) is 9.67. The van der Waals surface area contributed by atoms with Crippen LogP contribution in [0.15, 0.2) is 48.8 Å². The van der Waals surface area contributed by atoms with Gasteiger partial charge in [0.15, 0.2) is 5.82 Å². The molecule has 0 bridgehead atoms. The van der Waals surface area contributed by atoms with Gasteiger partial charge in [-0.15, -0.1) is 0 Å². The molecule has 0 saturated carbocycles. The fourth-order valence-electron chi connectivity index (χ4n) is 3.60. The van der Waals surface area contributed by atoms with Crippen LogP contribution in [0.2, 0.25) is 5.02 Å². The van der Waals surface area contributed by atoms with E-state index in [-0.39, 0.29) is 5.56 Å². The number of aromatic amines is 1.